The highest BCUT2D eigenvalue weighted by molar-refractivity contribution is 7.13. The number of benzene rings is 1. The van der Waals surface area contributed by atoms with Gasteiger partial charge in [-0.05, 0) is 54.0 Å². The van der Waals surface area contributed by atoms with E-state index in [1.54, 1.807) is 29.4 Å². The van der Waals surface area contributed by atoms with Crippen LogP contribution >= 0.6 is 22.9 Å². The summed E-state index contributed by atoms with van der Waals surface area (Å²) in [5.41, 5.74) is 2.81. The number of carbonyl (C=O) groups excluding carboxylic acids is 1. The number of aliphatic imine (C=N–C) groups is 1. The Morgan fingerprint density at radius 2 is 2.06 bits per heavy atom. The first-order valence-corrected chi connectivity index (χ1v) is 13.5. The van der Waals surface area contributed by atoms with E-state index in [4.69, 9.17) is 21.1 Å². The van der Waals surface area contributed by atoms with Crippen molar-refractivity contribution in [3.05, 3.63) is 51.9 Å². The highest BCUT2D eigenvalue weighted by atomic mass is 35.5. The summed E-state index contributed by atoms with van der Waals surface area (Å²) in [6.45, 7) is 4.26. The van der Waals surface area contributed by atoms with E-state index in [2.05, 4.69) is 23.4 Å². The van der Waals surface area contributed by atoms with E-state index in [-0.39, 0.29) is 12.0 Å². The first-order valence-electron chi connectivity index (χ1n) is 12.3. The van der Waals surface area contributed by atoms with E-state index in [0.29, 0.717) is 68.7 Å². The molecule has 0 atom stereocenters. The number of nitrogens with zero attached hydrogens (tertiary/aromatic N) is 2. The summed E-state index contributed by atoms with van der Waals surface area (Å²) in [6, 6.07) is 7.55. The van der Waals surface area contributed by atoms with Gasteiger partial charge >= 0.3 is 0 Å². The predicted molar refractivity (Wildman–Crippen MR) is 144 cm³/mol. The lowest BCUT2D eigenvalue weighted by Crippen LogP contribution is -2.50. The number of rotatable bonds is 8. The number of likely N-dealkylation sites (tertiary alicyclic amines) is 1. The van der Waals surface area contributed by atoms with E-state index < -0.39 is 5.60 Å². The van der Waals surface area contributed by atoms with Gasteiger partial charge in [0.05, 0.1) is 30.9 Å². The maximum atomic E-state index is 12.9. The molecule has 0 spiro atoms. The minimum Gasteiger partial charge on any atom is -0.478 e. The van der Waals surface area contributed by atoms with Gasteiger partial charge in [0.1, 0.15) is 5.60 Å². The summed E-state index contributed by atoms with van der Waals surface area (Å²) in [4.78, 5) is 19.9. The van der Waals surface area contributed by atoms with Gasteiger partial charge in [-0.3, -0.25) is 9.79 Å². The van der Waals surface area contributed by atoms with Crippen LogP contribution in [0.15, 0.2) is 40.7 Å². The summed E-state index contributed by atoms with van der Waals surface area (Å²) in [6.07, 6.45) is 4.12. The zero-order chi connectivity index (χ0) is 25.7. The van der Waals surface area contributed by atoms with Crippen molar-refractivity contribution in [1.82, 2.24) is 4.90 Å². The lowest BCUT2D eigenvalue weighted by Gasteiger charge is -2.36. The van der Waals surface area contributed by atoms with E-state index in [0.717, 1.165) is 28.0 Å². The van der Waals surface area contributed by atoms with Gasteiger partial charge in [-0.1, -0.05) is 24.6 Å². The fourth-order valence-electron chi connectivity index (χ4n) is 4.28. The molecule has 1 aromatic carbocycles. The number of piperidine rings is 1. The van der Waals surface area contributed by atoms with Crippen molar-refractivity contribution in [3.8, 4) is 10.4 Å². The van der Waals surface area contributed by atoms with Crippen molar-refractivity contribution in [1.29, 1.82) is 0 Å². The zero-order valence-electron chi connectivity index (χ0n) is 20.7. The van der Waals surface area contributed by atoms with Crippen LogP contribution in [0.1, 0.15) is 48.5 Å². The largest absolute Gasteiger partial charge is 0.478 e. The Kier molecular flexibility index (Phi) is 8.85. The quantitative estimate of drug-likeness (QED) is 0.381. The minimum atomic E-state index is -0.784. The van der Waals surface area contributed by atoms with Crippen LogP contribution in [0.25, 0.3) is 16.0 Å². The van der Waals surface area contributed by atoms with Gasteiger partial charge in [-0.25, -0.2) is 0 Å². The summed E-state index contributed by atoms with van der Waals surface area (Å²) < 4.78 is 10.9. The molecule has 3 heterocycles. The lowest BCUT2D eigenvalue weighted by atomic mass is 9.99. The van der Waals surface area contributed by atoms with E-state index in [1.165, 1.54) is 0 Å². The van der Waals surface area contributed by atoms with Gasteiger partial charge in [0.2, 0.25) is 5.90 Å². The number of hydrogen-bond donors (Lipinski definition) is 2. The number of ether oxygens (including phenoxy) is 2. The number of allylic oxidation sites excluding steroid dienone is 1. The van der Waals surface area contributed by atoms with Crippen LogP contribution in [0.4, 0.5) is 0 Å². The van der Waals surface area contributed by atoms with Gasteiger partial charge in [0, 0.05) is 48.6 Å². The Morgan fingerprint density at radius 3 is 2.67 bits per heavy atom. The minimum absolute atomic E-state index is 0.0539. The second-order valence-corrected chi connectivity index (χ2v) is 10.6. The number of halogens is 1. The van der Waals surface area contributed by atoms with Crippen LogP contribution in [0.3, 0.4) is 0 Å². The molecule has 36 heavy (non-hydrogen) atoms. The number of aliphatic hydroxyl groups excluding tert-OH is 1. The SMILES string of the molecule is CC/C(=C\C(=NC)OCCC1(O)COC1)c1csc(-c2ccc(C(=O)N3CCC(O)CC3)cc2Cl)c1. The molecule has 2 N–H and O–H groups in total. The monoisotopic (exact) mass is 532 g/mol. The molecule has 0 saturated carbocycles. The molecule has 2 aromatic rings. The summed E-state index contributed by atoms with van der Waals surface area (Å²) in [5, 5.41) is 22.5. The van der Waals surface area contributed by atoms with Crippen molar-refractivity contribution < 1.29 is 24.5 Å². The van der Waals surface area contributed by atoms with Crippen LogP contribution in [-0.4, -0.2) is 78.6 Å². The fraction of sp³-hybridized carbons (Fsp3) is 0.481. The number of hydrogen-bond acceptors (Lipinski definition) is 7. The Balaban J connectivity index is 1.44. The second-order valence-electron chi connectivity index (χ2n) is 9.32. The highest BCUT2D eigenvalue weighted by Gasteiger charge is 2.35. The molecular weight excluding hydrogens is 500 g/mol. The smallest absolute Gasteiger partial charge is 0.253 e. The maximum absolute atomic E-state index is 12.9. The molecule has 1 amide bonds. The average Bonchev–Trinajstić information content (AvgIpc) is 3.34. The third-order valence-corrected chi connectivity index (χ3v) is 7.94. The van der Waals surface area contributed by atoms with Crippen molar-refractivity contribution >= 4 is 40.3 Å². The Bertz CT molecular complexity index is 1130. The normalized spacial score (nSPS) is 18.8. The van der Waals surface area contributed by atoms with Gasteiger partial charge in [0.25, 0.3) is 5.91 Å². The van der Waals surface area contributed by atoms with Crippen LogP contribution in [0.2, 0.25) is 5.02 Å². The van der Waals surface area contributed by atoms with Crippen molar-refractivity contribution in [2.45, 2.75) is 44.3 Å². The molecule has 194 valence electrons. The third-order valence-electron chi connectivity index (χ3n) is 6.66. The van der Waals surface area contributed by atoms with E-state index >= 15 is 0 Å². The summed E-state index contributed by atoms with van der Waals surface area (Å²) >= 11 is 8.22. The van der Waals surface area contributed by atoms with Gasteiger partial charge in [-0.15, -0.1) is 11.3 Å². The van der Waals surface area contributed by atoms with Crippen LogP contribution in [0, 0.1) is 0 Å². The predicted octanol–water partition coefficient (Wildman–Crippen LogP) is 4.66. The molecule has 2 aliphatic heterocycles. The second kappa shape index (κ2) is 11.9. The molecule has 4 rings (SSSR count). The van der Waals surface area contributed by atoms with Crippen LogP contribution in [0.5, 0.6) is 0 Å². The first kappa shape index (κ1) is 26.8. The molecule has 0 aliphatic carbocycles. The molecule has 9 heteroatoms. The maximum Gasteiger partial charge on any atom is 0.253 e. The first-order chi connectivity index (χ1) is 17.3. The summed E-state index contributed by atoms with van der Waals surface area (Å²) in [5.74, 6) is 0.469. The standard InChI is InChI=1S/C27H33ClN2O5S/c1-3-18(14-25(29-2)35-11-8-27(33)16-34-17-27)20-13-24(36-15-20)22-5-4-19(12-23(22)28)26(32)30-9-6-21(31)7-10-30/h4-5,12-15,21,31,33H,3,6-11,16-17H2,1-2H3/b18-14+,29-25?. The molecular formula is C27H33ClN2O5S. The topological polar surface area (TPSA) is 91.6 Å². The molecule has 2 fully saturated rings. The Hall–Kier alpha value is -2.23. The number of aliphatic hydroxyl groups is 2. The molecule has 1 aromatic heterocycles. The summed E-state index contributed by atoms with van der Waals surface area (Å²) in [7, 11) is 1.69. The van der Waals surface area contributed by atoms with Gasteiger partial charge in [-0.2, -0.15) is 0 Å². The molecule has 0 bridgehead atoms. The third kappa shape index (κ3) is 6.36. The Morgan fingerprint density at radius 1 is 1.31 bits per heavy atom. The number of amides is 1. The van der Waals surface area contributed by atoms with Crippen LogP contribution < -0.4 is 0 Å². The molecule has 0 unspecified atom stereocenters. The van der Waals surface area contributed by atoms with Crippen molar-refractivity contribution in [2.75, 3.05) is 40.0 Å². The highest BCUT2D eigenvalue weighted by Crippen LogP contribution is 2.36. The van der Waals surface area contributed by atoms with E-state index in [1.807, 2.05) is 18.2 Å². The fourth-order valence-corrected chi connectivity index (χ4v) is 5.59. The molecule has 2 saturated heterocycles. The number of thiophene rings is 1. The zero-order valence-corrected chi connectivity index (χ0v) is 22.3. The number of carbonyl (C=O) groups is 1. The van der Waals surface area contributed by atoms with Crippen LogP contribution in [-0.2, 0) is 9.47 Å². The molecule has 2 aliphatic rings. The Labute approximate surface area is 221 Å². The van der Waals surface area contributed by atoms with E-state index in [9.17, 15) is 15.0 Å². The van der Waals surface area contributed by atoms with Gasteiger partial charge < -0.3 is 24.6 Å². The van der Waals surface area contributed by atoms with Gasteiger partial charge in [0.15, 0.2) is 0 Å². The van der Waals surface area contributed by atoms with Crippen molar-refractivity contribution in [3.63, 3.8) is 0 Å². The average molecular weight is 533 g/mol. The van der Waals surface area contributed by atoms with Crippen molar-refractivity contribution in [2.24, 2.45) is 4.99 Å². The molecule has 7 nitrogen and oxygen atoms in total. The molecule has 0 radical (unpaired) electrons. The lowest BCUT2D eigenvalue weighted by molar-refractivity contribution is -0.184.